The van der Waals surface area contributed by atoms with E-state index in [4.69, 9.17) is 18.9 Å². The highest BCUT2D eigenvalue weighted by Crippen LogP contribution is 2.38. The lowest BCUT2D eigenvalue weighted by molar-refractivity contribution is 0.0474. The first-order valence-corrected chi connectivity index (χ1v) is 8.15. The number of hydrogen-bond donors (Lipinski definition) is 1. The number of aromatic amines is 1. The van der Waals surface area contributed by atoms with E-state index in [1.807, 2.05) is 0 Å². The molecule has 0 aliphatic heterocycles. The number of benzene rings is 2. The van der Waals surface area contributed by atoms with Gasteiger partial charge in [-0.15, -0.1) is 0 Å². The number of hydrogen-bond acceptors (Lipinski definition) is 6. The molecular weight excluding hydrogens is 350 g/mol. The molecule has 0 spiro atoms. The maximum atomic E-state index is 12.6. The van der Waals surface area contributed by atoms with Gasteiger partial charge in [0.2, 0.25) is 11.3 Å². The number of esters is 1. The average molecular weight is 369 g/mol. The molecule has 1 heterocycles. The highest BCUT2D eigenvalue weighted by atomic mass is 16.5. The fraction of sp³-hybridized carbons (Fsp3) is 0.200. The highest BCUT2D eigenvalue weighted by molar-refractivity contribution is 6.03. The van der Waals surface area contributed by atoms with Gasteiger partial charge in [0.1, 0.15) is 6.61 Å². The molecule has 0 aliphatic rings. The van der Waals surface area contributed by atoms with Crippen LogP contribution in [0.25, 0.3) is 10.9 Å². The van der Waals surface area contributed by atoms with Crippen molar-refractivity contribution in [3.8, 4) is 17.2 Å². The fourth-order valence-electron chi connectivity index (χ4n) is 2.82. The van der Waals surface area contributed by atoms with Crippen LogP contribution >= 0.6 is 0 Å². The number of para-hydroxylation sites is 1. The summed E-state index contributed by atoms with van der Waals surface area (Å²) >= 11 is 0. The molecule has 1 aromatic heterocycles. The molecule has 0 aliphatic carbocycles. The molecule has 0 radical (unpaired) electrons. The third-order valence-electron chi connectivity index (χ3n) is 4.06. The van der Waals surface area contributed by atoms with Crippen LogP contribution in [0, 0.1) is 0 Å². The SMILES string of the molecule is COc1cc(COC(=O)c2cc(=O)[nH]c3ccccc23)cc(OC)c1OC. The van der Waals surface area contributed by atoms with E-state index < -0.39 is 5.97 Å². The molecule has 0 amide bonds. The van der Waals surface area contributed by atoms with E-state index in [0.717, 1.165) is 0 Å². The number of carbonyl (C=O) groups is 1. The minimum Gasteiger partial charge on any atom is -0.493 e. The summed E-state index contributed by atoms with van der Waals surface area (Å²) in [6.07, 6.45) is 0. The summed E-state index contributed by atoms with van der Waals surface area (Å²) in [5, 5.41) is 0.618. The molecule has 3 aromatic rings. The molecule has 7 nitrogen and oxygen atoms in total. The van der Waals surface area contributed by atoms with Crippen LogP contribution in [-0.4, -0.2) is 32.3 Å². The predicted octanol–water partition coefficient (Wildman–Crippen LogP) is 2.91. The van der Waals surface area contributed by atoms with Gasteiger partial charge in [0.15, 0.2) is 11.5 Å². The summed E-state index contributed by atoms with van der Waals surface area (Å²) in [6.45, 7) is -0.0172. The van der Waals surface area contributed by atoms with Crippen molar-refractivity contribution in [1.29, 1.82) is 0 Å². The molecule has 0 atom stereocenters. The highest BCUT2D eigenvalue weighted by Gasteiger charge is 2.16. The Bertz CT molecular complexity index is 1020. The molecular formula is C20H19NO6. The van der Waals surface area contributed by atoms with Crippen molar-refractivity contribution in [2.45, 2.75) is 6.61 Å². The maximum Gasteiger partial charge on any atom is 0.339 e. The number of carbonyl (C=O) groups excluding carboxylic acids is 1. The molecule has 0 unspecified atom stereocenters. The second-order valence-corrected chi connectivity index (χ2v) is 5.70. The molecule has 27 heavy (non-hydrogen) atoms. The standard InChI is InChI=1S/C20H19NO6/c1-24-16-8-12(9-17(25-2)19(16)26-3)11-27-20(23)14-10-18(22)21-15-7-5-4-6-13(14)15/h4-10H,11H2,1-3H3,(H,21,22). The third-order valence-corrected chi connectivity index (χ3v) is 4.06. The van der Waals surface area contributed by atoms with E-state index in [-0.39, 0.29) is 17.7 Å². The van der Waals surface area contributed by atoms with E-state index in [9.17, 15) is 9.59 Å². The largest absolute Gasteiger partial charge is 0.493 e. The Hall–Kier alpha value is -3.48. The van der Waals surface area contributed by atoms with Crippen LogP contribution in [0.3, 0.4) is 0 Å². The monoisotopic (exact) mass is 369 g/mol. The zero-order valence-electron chi connectivity index (χ0n) is 15.2. The normalized spacial score (nSPS) is 10.5. The number of fused-ring (bicyclic) bond motifs is 1. The molecule has 7 heteroatoms. The molecule has 0 bridgehead atoms. The van der Waals surface area contributed by atoms with Crippen LogP contribution in [0.15, 0.2) is 47.3 Å². The first-order valence-electron chi connectivity index (χ1n) is 8.15. The van der Waals surface area contributed by atoms with Gasteiger partial charge in [0.25, 0.3) is 0 Å². The van der Waals surface area contributed by atoms with Crippen LogP contribution in [0.2, 0.25) is 0 Å². The second kappa shape index (κ2) is 7.82. The summed E-state index contributed by atoms with van der Waals surface area (Å²) in [7, 11) is 4.53. The van der Waals surface area contributed by atoms with Crippen LogP contribution in [-0.2, 0) is 11.3 Å². The average Bonchev–Trinajstić information content (AvgIpc) is 2.70. The van der Waals surface area contributed by atoms with Crippen molar-refractivity contribution < 1.29 is 23.7 Å². The lowest BCUT2D eigenvalue weighted by atomic mass is 10.1. The van der Waals surface area contributed by atoms with Gasteiger partial charge in [-0.3, -0.25) is 4.79 Å². The van der Waals surface area contributed by atoms with Gasteiger partial charge in [-0.05, 0) is 23.8 Å². The Kier molecular flexibility index (Phi) is 5.30. The molecule has 2 aromatic carbocycles. The second-order valence-electron chi connectivity index (χ2n) is 5.70. The zero-order valence-corrected chi connectivity index (χ0v) is 15.2. The molecule has 0 saturated heterocycles. The molecule has 140 valence electrons. The summed E-state index contributed by atoms with van der Waals surface area (Å²) in [6, 6.07) is 11.7. The molecule has 0 saturated carbocycles. The zero-order chi connectivity index (χ0) is 19.4. The quantitative estimate of drug-likeness (QED) is 0.673. The van der Waals surface area contributed by atoms with Crippen LogP contribution in [0.5, 0.6) is 17.2 Å². The van der Waals surface area contributed by atoms with Gasteiger partial charge in [-0.2, -0.15) is 0 Å². The minimum absolute atomic E-state index is 0.0172. The van der Waals surface area contributed by atoms with Crippen molar-refractivity contribution in [3.05, 3.63) is 63.9 Å². The maximum absolute atomic E-state index is 12.6. The lowest BCUT2D eigenvalue weighted by Crippen LogP contribution is -2.13. The van der Waals surface area contributed by atoms with Gasteiger partial charge < -0.3 is 23.9 Å². The Balaban J connectivity index is 1.88. The van der Waals surface area contributed by atoms with Crippen molar-refractivity contribution in [3.63, 3.8) is 0 Å². The Labute approximate surface area is 155 Å². The number of aromatic nitrogens is 1. The van der Waals surface area contributed by atoms with E-state index in [1.165, 1.54) is 27.4 Å². The Morgan fingerprint density at radius 2 is 1.63 bits per heavy atom. The number of ether oxygens (including phenoxy) is 4. The predicted molar refractivity (Wildman–Crippen MR) is 99.8 cm³/mol. The Morgan fingerprint density at radius 1 is 0.963 bits per heavy atom. The van der Waals surface area contributed by atoms with Crippen LogP contribution < -0.4 is 19.8 Å². The fourth-order valence-corrected chi connectivity index (χ4v) is 2.82. The van der Waals surface area contributed by atoms with Crippen molar-refractivity contribution >= 4 is 16.9 Å². The lowest BCUT2D eigenvalue weighted by Gasteiger charge is -2.14. The summed E-state index contributed by atoms with van der Waals surface area (Å²) in [4.78, 5) is 27.1. The topological polar surface area (TPSA) is 86.9 Å². The van der Waals surface area contributed by atoms with E-state index >= 15 is 0 Å². The summed E-state index contributed by atoms with van der Waals surface area (Å²) in [5.41, 5.74) is 1.08. The third kappa shape index (κ3) is 3.72. The van der Waals surface area contributed by atoms with Crippen LogP contribution in [0.4, 0.5) is 0 Å². The summed E-state index contributed by atoms with van der Waals surface area (Å²) < 4.78 is 21.3. The molecule has 3 rings (SSSR count). The summed E-state index contributed by atoms with van der Waals surface area (Å²) in [5.74, 6) is 0.788. The minimum atomic E-state index is -0.592. The molecule has 1 N–H and O–H groups in total. The first kappa shape index (κ1) is 18.3. The smallest absolute Gasteiger partial charge is 0.339 e. The van der Waals surface area contributed by atoms with E-state index in [2.05, 4.69) is 4.98 Å². The van der Waals surface area contributed by atoms with E-state index in [0.29, 0.717) is 33.7 Å². The van der Waals surface area contributed by atoms with Crippen molar-refractivity contribution in [2.24, 2.45) is 0 Å². The van der Waals surface area contributed by atoms with Crippen molar-refractivity contribution in [1.82, 2.24) is 4.98 Å². The number of H-pyrrole nitrogens is 1. The molecule has 0 fully saturated rings. The number of pyridine rings is 1. The number of nitrogens with one attached hydrogen (secondary N) is 1. The van der Waals surface area contributed by atoms with Gasteiger partial charge in [0, 0.05) is 17.0 Å². The van der Waals surface area contributed by atoms with Crippen molar-refractivity contribution in [2.75, 3.05) is 21.3 Å². The first-order chi connectivity index (χ1) is 13.1. The van der Waals surface area contributed by atoms with Gasteiger partial charge in [-0.25, -0.2) is 4.79 Å². The van der Waals surface area contributed by atoms with Gasteiger partial charge in [-0.1, -0.05) is 18.2 Å². The van der Waals surface area contributed by atoms with Gasteiger partial charge >= 0.3 is 5.97 Å². The number of rotatable bonds is 6. The Morgan fingerprint density at radius 3 is 2.26 bits per heavy atom. The van der Waals surface area contributed by atoms with E-state index in [1.54, 1.807) is 36.4 Å². The number of methoxy groups -OCH3 is 3. The van der Waals surface area contributed by atoms with Gasteiger partial charge in [0.05, 0.1) is 26.9 Å². The van der Waals surface area contributed by atoms with Crippen LogP contribution in [0.1, 0.15) is 15.9 Å².